The average molecular weight is 287 g/mol. The lowest BCUT2D eigenvalue weighted by Crippen LogP contribution is -2.05. The van der Waals surface area contributed by atoms with Gasteiger partial charge in [-0.3, -0.25) is 4.40 Å². The highest BCUT2D eigenvalue weighted by atomic mass is 79.9. The second-order valence-corrected chi connectivity index (χ2v) is 3.80. The zero-order valence-electron chi connectivity index (χ0n) is 8.41. The van der Waals surface area contributed by atoms with Gasteiger partial charge in [-0.25, -0.2) is 14.2 Å². The van der Waals surface area contributed by atoms with E-state index in [9.17, 15) is 9.18 Å². The first-order valence-electron chi connectivity index (χ1n) is 4.63. The molecule has 0 saturated heterocycles. The normalized spacial score (nSPS) is 10.7. The highest BCUT2D eigenvalue weighted by molar-refractivity contribution is 9.10. The SMILES string of the molecule is CCOC(=O)c1nc2cc(F)ccn2c1Br. The number of esters is 1. The molecule has 0 aliphatic rings. The fourth-order valence-electron chi connectivity index (χ4n) is 1.32. The lowest BCUT2D eigenvalue weighted by molar-refractivity contribution is 0.0519. The molecule has 0 saturated carbocycles. The van der Waals surface area contributed by atoms with Gasteiger partial charge in [-0.05, 0) is 28.9 Å². The minimum Gasteiger partial charge on any atom is -0.461 e. The molecule has 6 heteroatoms. The number of hydrogen-bond donors (Lipinski definition) is 0. The Hall–Kier alpha value is -1.43. The second kappa shape index (κ2) is 4.21. The third-order valence-electron chi connectivity index (χ3n) is 2.00. The maximum absolute atomic E-state index is 12.9. The van der Waals surface area contributed by atoms with Crippen molar-refractivity contribution >= 4 is 27.5 Å². The van der Waals surface area contributed by atoms with Crippen molar-refractivity contribution in [3.8, 4) is 0 Å². The van der Waals surface area contributed by atoms with Crippen LogP contribution in [-0.2, 0) is 4.74 Å². The molecule has 2 aromatic rings. The van der Waals surface area contributed by atoms with Crippen molar-refractivity contribution in [1.29, 1.82) is 0 Å². The number of halogens is 2. The summed E-state index contributed by atoms with van der Waals surface area (Å²) in [6.45, 7) is 1.98. The number of fused-ring (bicyclic) bond motifs is 1. The number of pyridine rings is 1. The summed E-state index contributed by atoms with van der Waals surface area (Å²) in [5, 5.41) is 0. The molecule has 0 spiro atoms. The van der Waals surface area contributed by atoms with E-state index >= 15 is 0 Å². The van der Waals surface area contributed by atoms with Crippen LogP contribution in [0.25, 0.3) is 5.65 Å². The van der Waals surface area contributed by atoms with E-state index in [0.29, 0.717) is 10.3 Å². The van der Waals surface area contributed by atoms with Crippen molar-refractivity contribution in [2.45, 2.75) is 6.92 Å². The summed E-state index contributed by atoms with van der Waals surface area (Å²) < 4.78 is 19.8. The summed E-state index contributed by atoms with van der Waals surface area (Å²) in [5.74, 6) is -0.932. The average Bonchev–Trinajstić information content (AvgIpc) is 2.56. The van der Waals surface area contributed by atoms with Crippen LogP contribution >= 0.6 is 15.9 Å². The van der Waals surface area contributed by atoms with Gasteiger partial charge in [-0.1, -0.05) is 0 Å². The number of imidazole rings is 1. The summed E-state index contributed by atoms with van der Waals surface area (Å²) in [6, 6.07) is 2.53. The van der Waals surface area contributed by atoms with Gasteiger partial charge in [0.25, 0.3) is 0 Å². The van der Waals surface area contributed by atoms with Crippen LogP contribution in [0.1, 0.15) is 17.4 Å². The van der Waals surface area contributed by atoms with E-state index in [4.69, 9.17) is 4.74 Å². The van der Waals surface area contributed by atoms with Gasteiger partial charge in [0.05, 0.1) is 6.61 Å². The number of carbonyl (C=O) groups is 1. The maximum atomic E-state index is 12.9. The highest BCUT2D eigenvalue weighted by Crippen LogP contribution is 2.20. The molecule has 0 N–H and O–H groups in total. The number of ether oxygens (including phenoxy) is 1. The van der Waals surface area contributed by atoms with Gasteiger partial charge in [0, 0.05) is 12.3 Å². The number of nitrogens with zero attached hydrogens (tertiary/aromatic N) is 2. The summed E-state index contributed by atoms with van der Waals surface area (Å²) in [4.78, 5) is 15.5. The monoisotopic (exact) mass is 286 g/mol. The second-order valence-electron chi connectivity index (χ2n) is 3.04. The molecule has 2 rings (SSSR count). The van der Waals surface area contributed by atoms with Crippen molar-refractivity contribution in [1.82, 2.24) is 9.38 Å². The maximum Gasteiger partial charge on any atom is 0.359 e. The molecule has 4 nitrogen and oxygen atoms in total. The third-order valence-corrected chi connectivity index (χ3v) is 2.76. The van der Waals surface area contributed by atoms with Crippen LogP contribution in [-0.4, -0.2) is 22.0 Å². The van der Waals surface area contributed by atoms with E-state index in [1.54, 1.807) is 11.3 Å². The largest absolute Gasteiger partial charge is 0.461 e. The number of hydrogen-bond acceptors (Lipinski definition) is 3. The predicted octanol–water partition coefficient (Wildman–Crippen LogP) is 2.41. The van der Waals surface area contributed by atoms with Gasteiger partial charge in [-0.15, -0.1) is 0 Å². The molecule has 0 bridgehead atoms. The topological polar surface area (TPSA) is 43.6 Å². The summed E-state index contributed by atoms with van der Waals surface area (Å²) in [5.41, 5.74) is 0.502. The van der Waals surface area contributed by atoms with Gasteiger partial charge in [0.15, 0.2) is 5.69 Å². The molecule has 0 fully saturated rings. The van der Waals surface area contributed by atoms with E-state index in [0.717, 1.165) is 0 Å². The van der Waals surface area contributed by atoms with Gasteiger partial charge in [0.1, 0.15) is 16.1 Å². The first kappa shape index (κ1) is 11.1. The Kier molecular flexibility index (Phi) is 2.91. The molecule has 2 aromatic heterocycles. The van der Waals surface area contributed by atoms with Crippen molar-refractivity contribution < 1.29 is 13.9 Å². The zero-order valence-corrected chi connectivity index (χ0v) is 9.99. The quantitative estimate of drug-likeness (QED) is 0.797. The Labute approximate surface area is 99.2 Å². The van der Waals surface area contributed by atoms with Crippen LogP contribution in [0, 0.1) is 5.82 Å². The predicted molar refractivity (Wildman–Crippen MR) is 58.8 cm³/mol. The van der Waals surface area contributed by atoms with E-state index < -0.39 is 11.8 Å². The molecule has 0 aliphatic carbocycles. The lowest BCUT2D eigenvalue weighted by atomic mass is 10.4. The molecule has 0 aliphatic heterocycles. The van der Waals surface area contributed by atoms with Crippen LogP contribution < -0.4 is 0 Å². The molecule has 0 amide bonds. The zero-order chi connectivity index (χ0) is 11.7. The Morgan fingerprint density at radius 3 is 3.12 bits per heavy atom. The van der Waals surface area contributed by atoms with E-state index in [1.807, 2.05) is 0 Å². The highest BCUT2D eigenvalue weighted by Gasteiger charge is 2.18. The molecule has 2 heterocycles. The smallest absolute Gasteiger partial charge is 0.359 e. The number of rotatable bonds is 2. The van der Waals surface area contributed by atoms with Crippen LogP contribution in [0.4, 0.5) is 4.39 Å². The first-order valence-corrected chi connectivity index (χ1v) is 5.43. The Balaban J connectivity index is 2.55. The van der Waals surface area contributed by atoms with Crippen molar-refractivity contribution in [2.24, 2.45) is 0 Å². The molecule has 84 valence electrons. The number of aromatic nitrogens is 2. The third kappa shape index (κ3) is 1.80. The Morgan fingerprint density at radius 2 is 2.44 bits per heavy atom. The van der Waals surface area contributed by atoms with Crippen molar-refractivity contribution in [2.75, 3.05) is 6.61 Å². The minimum atomic E-state index is -0.529. The van der Waals surface area contributed by atoms with Gasteiger partial charge < -0.3 is 4.74 Å². The molecule has 16 heavy (non-hydrogen) atoms. The Morgan fingerprint density at radius 1 is 1.69 bits per heavy atom. The van der Waals surface area contributed by atoms with Crippen LogP contribution in [0.3, 0.4) is 0 Å². The van der Waals surface area contributed by atoms with Gasteiger partial charge in [0.2, 0.25) is 0 Å². The molecular weight excluding hydrogens is 279 g/mol. The first-order chi connectivity index (χ1) is 7.63. The Bertz CT molecular complexity index is 553. The van der Waals surface area contributed by atoms with Crippen LogP contribution in [0.5, 0.6) is 0 Å². The van der Waals surface area contributed by atoms with Crippen LogP contribution in [0.2, 0.25) is 0 Å². The van der Waals surface area contributed by atoms with Gasteiger partial charge in [-0.2, -0.15) is 0 Å². The number of carbonyl (C=O) groups excluding carboxylic acids is 1. The van der Waals surface area contributed by atoms with E-state index in [2.05, 4.69) is 20.9 Å². The lowest BCUT2D eigenvalue weighted by Gasteiger charge is -1.97. The molecular formula is C10H8BrFN2O2. The van der Waals surface area contributed by atoms with E-state index in [-0.39, 0.29) is 12.3 Å². The van der Waals surface area contributed by atoms with Gasteiger partial charge >= 0.3 is 5.97 Å². The van der Waals surface area contributed by atoms with E-state index in [1.165, 1.54) is 18.3 Å². The minimum absolute atomic E-state index is 0.146. The summed E-state index contributed by atoms with van der Waals surface area (Å²) >= 11 is 3.22. The molecule has 0 radical (unpaired) electrons. The fourth-order valence-corrected chi connectivity index (χ4v) is 1.87. The van der Waals surface area contributed by atoms with Crippen LogP contribution in [0.15, 0.2) is 22.9 Å². The fraction of sp³-hybridized carbons (Fsp3) is 0.200. The molecule has 0 atom stereocenters. The van der Waals surface area contributed by atoms with Crippen molar-refractivity contribution in [3.05, 3.63) is 34.4 Å². The summed E-state index contributed by atoms with van der Waals surface area (Å²) in [7, 11) is 0. The molecule has 0 unspecified atom stereocenters. The van der Waals surface area contributed by atoms with Crippen molar-refractivity contribution in [3.63, 3.8) is 0 Å². The molecule has 0 aromatic carbocycles. The summed E-state index contributed by atoms with van der Waals surface area (Å²) in [6.07, 6.45) is 1.49. The standard InChI is InChI=1S/C10H8BrFN2O2/c1-2-16-10(15)8-9(11)14-4-3-6(12)5-7(14)13-8/h3-5H,2H2,1H3.